The van der Waals surface area contributed by atoms with E-state index < -0.39 is 0 Å². The van der Waals surface area contributed by atoms with Gasteiger partial charge in [-0.2, -0.15) is 0 Å². The first kappa shape index (κ1) is 13.8. The number of carbonyl (C=O) groups excluding carboxylic acids is 1. The predicted octanol–water partition coefficient (Wildman–Crippen LogP) is 1.58. The molecule has 3 N–H and O–H groups in total. The van der Waals surface area contributed by atoms with E-state index in [4.69, 9.17) is 10.5 Å². The van der Waals surface area contributed by atoms with Crippen LogP contribution in [-0.4, -0.2) is 31.2 Å². The molecule has 2 rings (SSSR count). The fourth-order valence-electron chi connectivity index (χ4n) is 3.03. The Morgan fingerprint density at radius 1 is 1.28 bits per heavy atom. The van der Waals surface area contributed by atoms with E-state index in [0.717, 1.165) is 45.3 Å². The van der Waals surface area contributed by atoms with Gasteiger partial charge in [0.2, 0.25) is 5.91 Å². The van der Waals surface area contributed by atoms with Gasteiger partial charge in [0, 0.05) is 25.6 Å². The molecule has 0 spiro atoms. The molecule has 4 heteroatoms. The molecule has 1 amide bonds. The highest BCUT2D eigenvalue weighted by Gasteiger charge is 2.20. The van der Waals surface area contributed by atoms with Crippen LogP contribution in [0.2, 0.25) is 0 Å². The van der Waals surface area contributed by atoms with Crippen molar-refractivity contribution < 1.29 is 9.53 Å². The van der Waals surface area contributed by atoms with E-state index in [1.807, 2.05) is 0 Å². The summed E-state index contributed by atoms with van der Waals surface area (Å²) in [5, 5.41) is 3.05. The van der Waals surface area contributed by atoms with Crippen molar-refractivity contribution in [3.63, 3.8) is 0 Å². The summed E-state index contributed by atoms with van der Waals surface area (Å²) < 4.78 is 5.52. The predicted molar refractivity (Wildman–Crippen MR) is 71.2 cm³/mol. The van der Waals surface area contributed by atoms with Gasteiger partial charge in [-0.05, 0) is 44.4 Å². The average Bonchev–Trinajstić information content (AvgIpc) is 2.87. The minimum atomic E-state index is 0.171. The Balaban J connectivity index is 1.56. The number of nitrogens with two attached hydrogens (primary N) is 1. The molecule has 0 bridgehead atoms. The zero-order valence-electron chi connectivity index (χ0n) is 11.2. The Morgan fingerprint density at radius 2 is 2.17 bits per heavy atom. The lowest BCUT2D eigenvalue weighted by Crippen LogP contribution is -2.35. The van der Waals surface area contributed by atoms with Crippen LogP contribution in [0.15, 0.2) is 0 Å². The summed E-state index contributed by atoms with van der Waals surface area (Å²) in [4.78, 5) is 11.7. The van der Waals surface area contributed by atoms with E-state index in [1.165, 1.54) is 12.8 Å². The first-order valence-electron chi connectivity index (χ1n) is 7.38. The Bertz CT molecular complexity index is 265. The summed E-state index contributed by atoms with van der Waals surface area (Å²) in [7, 11) is 0. The van der Waals surface area contributed by atoms with Crippen molar-refractivity contribution in [3.05, 3.63) is 0 Å². The molecule has 18 heavy (non-hydrogen) atoms. The molecular formula is C14H26N2O2. The van der Waals surface area contributed by atoms with Crippen LogP contribution in [0.5, 0.6) is 0 Å². The van der Waals surface area contributed by atoms with E-state index in [1.54, 1.807) is 0 Å². The van der Waals surface area contributed by atoms with Gasteiger partial charge in [-0.15, -0.1) is 0 Å². The highest BCUT2D eigenvalue weighted by Crippen LogP contribution is 2.22. The molecule has 1 aliphatic carbocycles. The van der Waals surface area contributed by atoms with Crippen molar-refractivity contribution >= 4 is 5.91 Å². The number of carbonyl (C=O) groups is 1. The third-order valence-electron chi connectivity index (χ3n) is 4.13. The van der Waals surface area contributed by atoms with E-state index >= 15 is 0 Å². The molecule has 0 radical (unpaired) electrons. The number of amides is 1. The summed E-state index contributed by atoms with van der Waals surface area (Å²) in [6, 6.07) is 0.340. The minimum Gasteiger partial charge on any atom is -0.378 e. The molecule has 0 aromatic heterocycles. The van der Waals surface area contributed by atoms with Crippen molar-refractivity contribution in [1.82, 2.24) is 5.32 Å². The lowest BCUT2D eigenvalue weighted by Gasteiger charge is -2.26. The molecule has 2 aliphatic rings. The van der Waals surface area contributed by atoms with Crippen LogP contribution < -0.4 is 11.1 Å². The number of nitrogens with one attached hydrogen (secondary N) is 1. The van der Waals surface area contributed by atoms with Crippen molar-refractivity contribution in [2.45, 2.75) is 63.5 Å². The first-order valence-corrected chi connectivity index (χ1v) is 7.38. The van der Waals surface area contributed by atoms with Crippen LogP contribution in [0.1, 0.15) is 51.4 Å². The number of ether oxygens (including phenoxy) is 1. The van der Waals surface area contributed by atoms with E-state index in [2.05, 4.69) is 5.32 Å². The van der Waals surface area contributed by atoms with Gasteiger partial charge in [-0.3, -0.25) is 4.79 Å². The summed E-state index contributed by atoms with van der Waals surface area (Å²) in [5.74, 6) is 0.755. The molecule has 1 saturated carbocycles. The first-order chi connectivity index (χ1) is 8.74. The Hall–Kier alpha value is -0.610. The summed E-state index contributed by atoms with van der Waals surface area (Å²) in [6.45, 7) is 1.67. The van der Waals surface area contributed by atoms with E-state index in [9.17, 15) is 4.79 Å². The molecule has 3 unspecified atom stereocenters. The largest absolute Gasteiger partial charge is 0.378 e. The van der Waals surface area contributed by atoms with Crippen molar-refractivity contribution in [2.75, 3.05) is 13.2 Å². The van der Waals surface area contributed by atoms with Crippen LogP contribution in [0, 0.1) is 5.92 Å². The maximum atomic E-state index is 11.7. The zero-order chi connectivity index (χ0) is 12.8. The monoisotopic (exact) mass is 254 g/mol. The Morgan fingerprint density at radius 3 is 2.89 bits per heavy atom. The summed E-state index contributed by atoms with van der Waals surface area (Å²) in [6.07, 6.45) is 8.67. The molecule has 0 aromatic carbocycles. The molecule has 1 heterocycles. The Kier molecular flexibility index (Phi) is 5.45. The lowest BCUT2D eigenvalue weighted by molar-refractivity contribution is -0.121. The normalized spacial score (nSPS) is 32.4. The quantitative estimate of drug-likeness (QED) is 0.783. The van der Waals surface area contributed by atoms with Crippen LogP contribution in [-0.2, 0) is 9.53 Å². The number of hydrogen-bond donors (Lipinski definition) is 2. The highest BCUT2D eigenvalue weighted by molar-refractivity contribution is 5.75. The minimum absolute atomic E-state index is 0.171. The van der Waals surface area contributed by atoms with Crippen LogP contribution >= 0.6 is 0 Å². The second kappa shape index (κ2) is 7.10. The number of rotatable bonds is 5. The van der Waals surface area contributed by atoms with Gasteiger partial charge in [0.05, 0.1) is 6.10 Å². The van der Waals surface area contributed by atoms with Gasteiger partial charge >= 0.3 is 0 Å². The van der Waals surface area contributed by atoms with Gasteiger partial charge < -0.3 is 15.8 Å². The van der Waals surface area contributed by atoms with Gasteiger partial charge in [-0.1, -0.05) is 6.42 Å². The second-order valence-corrected chi connectivity index (χ2v) is 5.77. The average molecular weight is 254 g/mol. The second-order valence-electron chi connectivity index (χ2n) is 5.77. The molecule has 0 aromatic rings. The topological polar surface area (TPSA) is 64.3 Å². The van der Waals surface area contributed by atoms with Crippen LogP contribution in [0.4, 0.5) is 0 Å². The molecular weight excluding hydrogens is 228 g/mol. The standard InChI is InChI=1S/C14H26N2O2/c15-12-4-1-3-11(9-12)10-16-14(17)7-6-13-5-2-8-18-13/h11-13H,1-10,15H2,(H,16,17). The number of hydrogen-bond acceptors (Lipinski definition) is 3. The lowest BCUT2D eigenvalue weighted by atomic mass is 9.86. The van der Waals surface area contributed by atoms with Crippen LogP contribution in [0.25, 0.3) is 0 Å². The molecule has 2 fully saturated rings. The van der Waals surface area contributed by atoms with Crippen molar-refractivity contribution in [2.24, 2.45) is 11.7 Å². The highest BCUT2D eigenvalue weighted by atomic mass is 16.5. The van der Waals surface area contributed by atoms with Crippen LogP contribution in [0.3, 0.4) is 0 Å². The third kappa shape index (κ3) is 4.58. The maximum Gasteiger partial charge on any atom is 0.220 e. The maximum absolute atomic E-state index is 11.7. The summed E-state index contributed by atoms with van der Waals surface area (Å²) >= 11 is 0. The molecule has 104 valence electrons. The Labute approximate surface area is 110 Å². The fraction of sp³-hybridized carbons (Fsp3) is 0.929. The zero-order valence-corrected chi connectivity index (χ0v) is 11.2. The van der Waals surface area contributed by atoms with Gasteiger partial charge in [0.25, 0.3) is 0 Å². The van der Waals surface area contributed by atoms with E-state index in [0.29, 0.717) is 24.5 Å². The van der Waals surface area contributed by atoms with E-state index in [-0.39, 0.29) is 5.91 Å². The fourth-order valence-corrected chi connectivity index (χ4v) is 3.03. The third-order valence-corrected chi connectivity index (χ3v) is 4.13. The molecule has 3 atom stereocenters. The molecule has 1 aliphatic heterocycles. The summed E-state index contributed by atoms with van der Waals surface area (Å²) in [5.41, 5.74) is 5.94. The smallest absolute Gasteiger partial charge is 0.220 e. The van der Waals surface area contributed by atoms with Gasteiger partial charge in [-0.25, -0.2) is 0 Å². The SMILES string of the molecule is NC1CCCC(CNC(=O)CCC2CCCO2)C1. The van der Waals surface area contributed by atoms with Gasteiger partial charge in [0.1, 0.15) is 0 Å². The van der Waals surface area contributed by atoms with Crippen molar-refractivity contribution in [1.29, 1.82) is 0 Å². The molecule has 4 nitrogen and oxygen atoms in total. The van der Waals surface area contributed by atoms with Gasteiger partial charge in [0.15, 0.2) is 0 Å². The molecule has 1 saturated heterocycles. The van der Waals surface area contributed by atoms with Crippen molar-refractivity contribution in [3.8, 4) is 0 Å².